The molecule has 18 heavy (non-hydrogen) atoms. The van der Waals surface area contributed by atoms with Crippen molar-refractivity contribution in [3.05, 3.63) is 23.0 Å². The number of ether oxygens (including phenoxy) is 1. The summed E-state index contributed by atoms with van der Waals surface area (Å²) in [5, 5.41) is 9.04. The van der Waals surface area contributed by atoms with Crippen molar-refractivity contribution in [1.29, 1.82) is 0 Å². The maximum absolute atomic E-state index is 12.6. The number of methoxy groups -OCH3 is 1. The van der Waals surface area contributed by atoms with E-state index in [0.29, 0.717) is 0 Å². The number of hydrogen-bond acceptors (Lipinski definition) is 4. The fourth-order valence-corrected chi connectivity index (χ4v) is 1.28. The van der Waals surface area contributed by atoms with Crippen molar-refractivity contribution in [2.45, 2.75) is 12.6 Å². The molecule has 4 nitrogen and oxygen atoms in total. The van der Waals surface area contributed by atoms with Crippen LogP contribution in [0.2, 0.25) is 0 Å². The Morgan fingerprint density at radius 3 is 2.39 bits per heavy atom. The molecule has 0 saturated carbocycles. The highest BCUT2D eigenvalue weighted by molar-refractivity contribution is 5.93. The number of aromatic hydroxyl groups is 1. The van der Waals surface area contributed by atoms with Gasteiger partial charge in [0.15, 0.2) is 0 Å². The van der Waals surface area contributed by atoms with Crippen LogP contribution in [0.5, 0.6) is 5.75 Å². The van der Waals surface area contributed by atoms with Gasteiger partial charge in [0.05, 0.1) is 13.3 Å². The monoisotopic (exact) mass is 271 g/mol. The average Bonchev–Trinajstić information content (AvgIpc) is 2.25. The number of alkyl halides is 5. The van der Waals surface area contributed by atoms with Crippen LogP contribution in [0.25, 0.3) is 0 Å². The number of rotatable bonds is 2. The van der Waals surface area contributed by atoms with Crippen LogP contribution in [-0.4, -0.2) is 23.2 Å². The minimum absolute atomic E-state index is 0.205. The molecule has 0 spiro atoms. The van der Waals surface area contributed by atoms with Crippen molar-refractivity contribution >= 4 is 5.97 Å². The Balaban J connectivity index is 3.67. The highest BCUT2D eigenvalue weighted by Gasteiger charge is 2.42. The molecular formula is C9H6F5NO3. The maximum atomic E-state index is 12.6. The fraction of sp³-hybridized carbons (Fsp3) is 0.333. The zero-order valence-corrected chi connectivity index (χ0v) is 8.76. The molecule has 1 aromatic rings. The van der Waals surface area contributed by atoms with Crippen molar-refractivity contribution in [1.82, 2.24) is 4.98 Å². The van der Waals surface area contributed by atoms with E-state index in [1.165, 1.54) is 0 Å². The Kier molecular flexibility index (Phi) is 3.73. The summed E-state index contributed by atoms with van der Waals surface area (Å²) in [5.41, 5.74) is -4.77. The summed E-state index contributed by atoms with van der Waals surface area (Å²) >= 11 is 0. The summed E-state index contributed by atoms with van der Waals surface area (Å²) in [4.78, 5) is 14.1. The zero-order chi connectivity index (χ0) is 14.1. The summed E-state index contributed by atoms with van der Waals surface area (Å²) in [5.74, 6) is -3.08. The summed E-state index contributed by atoms with van der Waals surface area (Å²) in [6.07, 6.45) is -8.41. The van der Waals surface area contributed by atoms with Gasteiger partial charge in [0.2, 0.25) is 0 Å². The van der Waals surface area contributed by atoms with E-state index >= 15 is 0 Å². The molecular weight excluding hydrogens is 265 g/mol. The first-order chi connectivity index (χ1) is 8.20. The lowest BCUT2D eigenvalue weighted by molar-refractivity contribution is -0.139. The van der Waals surface area contributed by atoms with Crippen LogP contribution in [0, 0.1) is 0 Å². The Labute approximate surface area is 97.0 Å². The predicted molar refractivity (Wildman–Crippen MR) is 47.2 cm³/mol. The first-order valence-electron chi connectivity index (χ1n) is 4.35. The summed E-state index contributed by atoms with van der Waals surface area (Å²) in [6, 6.07) is 0. The molecule has 1 N–H and O–H groups in total. The van der Waals surface area contributed by atoms with Gasteiger partial charge in [-0.1, -0.05) is 0 Å². The summed E-state index contributed by atoms with van der Waals surface area (Å²) < 4.78 is 66.8. The molecule has 100 valence electrons. The third-order valence-corrected chi connectivity index (χ3v) is 1.97. The minimum Gasteiger partial charge on any atom is -0.506 e. The smallest absolute Gasteiger partial charge is 0.420 e. The largest absolute Gasteiger partial charge is 0.506 e. The van der Waals surface area contributed by atoms with Gasteiger partial charge in [-0.3, -0.25) is 4.98 Å². The Bertz CT molecular complexity index is 472. The quantitative estimate of drug-likeness (QED) is 0.663. The van der Waals surface area contributed by atoms with Crippen molar-refractivity contribution in [2.75, 3.05) is 7.11 Å². The van der Waals surface area contributed by atoms with E-state index in [2.05, 4.69) is 9.72 Å². The van der Waals surface area contributed by atoms with Gasteiger partial charge < -0.3 is 9.84 Å². The molecule has 1 heterocycles. The predicted octanol–water partition coefficient (Wildman–Crippen LogP) is 2.53. The Morgan fingerprint density at radius 1 is 1.44 bits per heavy atom. The SMILES string of the molecule is COC(=O)c1c(C(F)F)ncc(O)c1C(F)(F)F. The number of halogens is 5. The molecule has 0 aliphatic carbocycles. The molecule has 0 saturated heterocycles. The fourth-order valence-electron chi connectivity index (χ4n) is 1.28. The first-order valence-corrected chi connectivity index (χ1v) is 4.35. The van der Waals surface area contributed by atoms with Crippen LogP contribution in [0.3, 0.4) is 0 Å². The van der Waals surface area contributed by atoms with E-state index in [1.807, 2.05) is 0 Å². The van der Waals surface area contributed by atoms with E-state index in [4.69, 9.17) is 5.11 Å². The van der Waals surface area contributed by atoms with Crippen molar-refractivity contribution in [3.8, 4) is 5.75 Å². The van der Waals surface area contributed by atoms with E-state index in [0.717, 1.165) is 7.11 Å². The minimum atomic E-state index is -5.19. The first kappa shape index (κ1) is 14.1. The molecule has 0 aromatic carbocycles. The molecule has 0 unspecified atom stereocenters. The summed E-state index contributed by atoms with van der Waals surface area (Å²) in [6.45, 7) is 0. The van der Waals surface area contributed by atoms with Gasteiger partial charge in [-0.05, 0) is 0 Å². The number of aromatic nitrogens is 1. The zero-order valence-electron chi connectivity index (χ0n) is 8.76. The lowest BCUT2D eigenvalue weighted by Crippen LogP contribution is -2.18. The van der Waals surface area contributed by atoms with Gasteiger partial charge in [-0.25, -0.2) is 13.6 Å². The molecule has 0 aliphatic rings. The number of nitrogens with zero attached hydrogens (tertiary/aromatic N) is 1. The Morgan fingerprint density at radius 2 is 2.00 bits per heavy atom. The van der Waals surface area contributed by atoms with Crippen LogP contribution < -0.4 is 0 Å². The molecule has 1 aromatic heterocycles. The van der Waals surface area contributed by atoms with E-state index in [9.17, 15) is 26.7 Å². The van der Waals surface area contributed by atoms with E-state index in [-0.39, 0.29) is 6.20 Å². The highest BCUT2D eigenvalue weighted by atomic mass is 19.4. The maximum Gasteiger partial charge on any atom is 0.420 e. The second kappa shape index (κ2) is 4.75. The van der Waals surface area contributed by atoms with Gasteiger partial charge in [-0.15, -0.1) is 0 Å². The molecule has 0 atom stereocenters. The molecule has 1 rings (SSSR count). The molecule has 0 bridgehead atoms. The third-order valence-electron chi connectivity index (χ3n) is 1.97. The van der Waals surface area contributed by atoms with Crippen LogP contribution >= 0.6 is 0 Å². The summed E-state index contributed by atoms with van der Waals surface area (Å²) in [7, 11) is 0.724. The molecule has 9 heteroatoms. The van der Waals surface area contributed by atoms with Crippen LogP contribution in [0.4, 0.5) is 22.0 Å². The second-order valence-electron chi connectivity index (χ2n) is 3.07. The van der Waals surface area contributed by atoms with Gasteiger partial charge in [-0.2, -0.15) is 13.2 Å². The number of carbonyl (C=O) groups excluding carboxylic acids is 1. The number of carbonyl (C=O) groups is 1. The van der Waals surface area contributed by atoms with Crippen LogP contribution in [0.1, 0.15) is 28.0 Å². The van der Waals surface area contributed by atoms with Gasteiger partial charge >= 0.3 is 12.1 Å². The van der Waals surface area contributed by atoms with Gasteiger partial charge in [0.25, 0.3) is 6.43 Å². The molecule has 0 fully saturated rings. The topological polar surface area (TPSA) is 59.4 Å². The lowest BCUT2D eigenvalue weighted by Gasteiger charge is -2.15. The van der Waals surface area contributed by atoms with Crippen LogP contribution in [-0.2, 0) is 10.9 Å². The van der Waals surface area contributed by atoms with Crippen molar-refractivity contribution < 1.29 is 36.6 Å². The third kappa shape index (κ3) is 2.49. The van der Waals surface area contributed by atoms with Crippen LogP contribution in [0.15, 0.2) is 6.20 Å². The standard InChI is InChI=1S/C9H6F5NO3/c1-18-8(17)4-5(9(12,13)14)3(16)2-15-6(4)7(10)11/h2,7,16H,1H3. The number of hydrogen-bond donors (Lipinski definition) is 1. The molecule has 0 aliphatic heterocycles. The highest BCUT2D eigenvalue weighted by Crippen LogP contribution is 2.40. The lowest BCUT2D eigenvalue weighted by atomic mass is 10.0. The number of esters is 1. The molecule has 0 amide bonds. The normalized spacial score (nSPS) is 11.7. The van der Waals surface area contributed by atoms with Crippen molar-refractivity contribution in [3.63, 3.8) is 0 Å². The van der Waals surface area contributed by atoms with E-state index < -0.39 is 41.1 Å². The average molecular weight is 271 g/mol. The number of pyridine rings is 1. The second-order valence-corrected chi connectivity index (χ2v) is 3.07. The Hall–Kier alpha value is -1.93. The van der Waals surface area contributed by atoms with Gasteiger partial charge in [0.1, 0.15) is 22.6 Å². The van der Waals surface area contributed by atoms with Crippen molar-refractivity contribution in [2.24, 2.45) is 0 Å². The van der Waals surface area contributed by atoms with Gasteiger partial charge in [0, 0.05) is 0 Å². The molecule has 0 radical (unpaired) electrons. The van der Waals surface area contributed by atoms with E-state index in [1.54, 1.807) is 0 Å².